The molecule has 2 aliphatic heterocycles. The second-order valence-corrected chi connectivity index (χ2v) is 7.74. The molecule has 1 saturated heterocycles. The molecule has 28 heavy (non-hydrogen) atoms. The predicted octanol–water partition coefficient (Wildman–Crippen LogP) is 3.03. The Kier molecular flexibility index (Phi) is 11.4. The molecule has 0 bridgehead atoms. The molecule has 1 aromatic heterocycles. The fourth-order valence-corrected chi connectivity index (χ4v) is 4.26. The molecule has 2 N–H and O–H groups in total. The van der Waals surface area contributed by atoms with Gasteiger partial charge >= 0.3 is 0 Å². The van der Waals surface area contributed by atoms with Crippen molar-refractivity contribution in [3.8, 4) is 0 Å². The first-order valence-electron chi connectivity index (χ1n) is 10.00. The third-order valence-corrected chi connectivity index (χ3v) is 5.89. The van der Waals surface area contributed by atoms with E-state index in [1.54, 1.807) is 0 Å². The van der Waals surface area contributed by atoms with Gasteiger partial charge in [-0.3, -0.25) is 9.89 Å². The summed E-state index contributed by atoms with van der Waals surface area (Å²) in [7, 11) is 0. The number of rotatable bonds is 8. The Morgan fingerprint density at radius 3 is 2.79 bits per heavy atom. The summed E-state index contributed by atoms with van der Waals surface area (Å²) in [5, 5.41) is 9.02. The van der Waals surface area contributed by atoms with E-state index in [4.69, 9.17) is 14.5 Å². The van der Waals surface area contributed by atoms with Crippen molar-refractivity contribution in [1.82, 2.24) is 15.5 Å². The zero-order chi connectivity index (χ0) is 18.7. The lowest BCUT2D eigenvalue weighted by Crippen LogP contribution is -2.41. The number of ether oxygens (including phenoxy) is 2. The number of hydrogen-bond acceptors (Lipinski definition) is 5. The van der Waals surface area contributed by atoms with Crippen LogP contribution >= 0.6 is 35.3 Å². The molecule has 8 heteroatoms. The molecule has 3 heterocycles. The maximum absolute atomic E-state index is 5.53. The van der Waals surface area contributed by atoms with Crippen LogP contribution in [0.3, 0.4) is 0 Å². The van der Waals surface area contributed by atoms with E-state index in [9.17, 15) is 0 Å². The van der Waals surface area contributed by atoms with E-state index in [0.717, 1.165) is 78.0 Å². The summed E-state index contributed by atoms with van der Waals surface area (Å²) in [6, 6.07) is 4.67. The van der Waals surface area contributed by atoms with Crippen LogP contribution in [-0.4, -0.2) is 70.0 Å². The van der Waals surface area contributed by atoms with Crippen LogP contribution in [0.1, 0.15) is 30.7 Å². The number of nitrogens with one attached hydrogen (secondary N) is 2. The SMILES string of the molecule is CCNC(=NCC(c1cccs1)N1CCOCC1)NCCC1=CCOCC1.I. The van der Waals surface area contributed by atoms with E-state index in [0.29, 0.717) is 6.04 Å². The Balaban J connectivity index is 0.00000280. The van der Waals surface area contributed by atoms with Crippen LogP contribution in [0.25, 0.3) is 0 Å². The zero-order valence-electron chi connectivity index (χ0n) is 16.7. The monoisotopic (exact) mass is 520 g/mol. The fraction of sp³-hybridized carbons (Fsp3) is 0.650. The second kappa shape index (κ2) is 13.5. The quantitative estimate of drug-likeness (QED) is 0.239. The smallest absolute Gasteiger partial charge is 0.191 e. The van der Waals surface area contributed by atoms with E-state index in [2.05, 4.69) is 46.0 Å². The molecular formula is C20H33IN4O2S. The summed E-state index contributed by atoms with van der Waals surface area (Å²) in [6.07, 6.45) is 4.30. The van der Waals surface area contributed by atoms with Crippen LogP contribution in [0.5, 0.6) is 0 Å². The van der Waals surface area contributed by atoms with Crippen molar-refractivity contribution < 1.29 is 9.47 Å². The Hall–Kier alpha value is -0.680. The van der Waals surface area contributed by atoms with Crippen LogP contribution < -0.4 is 10.6 Å². The molecule has 3 rings (SSSR count). The highest BCUT2D eigenvalue weighted by Crippen LogP contribution is 2.26. The topological polar surface area (TPSA) is 58.1 Å². The second-order valence-electron chi connectivity index (χ2n) is 6.76. The van der Waals surface area contributed by atoms with Gasteiger partial charge in [-0.1, -0.05) is 17.7 Å². The minimum absolute atomic E-state index is 0. The highest BCUT2D eigenvalue weighted by atomic mass is 127. The summed E-state index contributed by atoms with van der Waals surface area (Å²) in [5.74, 6) is 0.903. The van der Waals surface area contributed by atoms with Crippen molar-refractivity contribution in [3.63, 3.8) is 0 Å². The number of guanidine groups is 1. The lowest BCUT2D eigenvalue weighted by Gasteiger charge is -2.33. The van der Waals surface area contributed by atoms with Crippen molar-refractivity contribution in [2.24, 2.45) is 4.99 Å². The van der Waals surface area contributed by atoms with Gasteiger partial charge in [0.15, 0.2) is 5.96 Å². The maximum Gasteiger partial charge on any atom is 0.191 e. The maximum atomic E-state index is 5.53. The summed E-state index contributed by atoms with van der Waals surface area (Å²) < 4.78 is 10.9. The average Bonchev–Trinajstić information content (AvgIpc) is 3.24. The molecule has 1 atom stereocenters. The van der Waals surface area contributed by atoms with E-state index in [1.165, 1.54) is 10.5 Å². The first kappa shape index (κ1) is 23.6. The summed E-state index contributed by atoms with van der Waals surface area (Å²) in [4.78, 5) is 8.78. The highest BCUT2D eigenvalue weighted by molar-refractivity contribution is 14.0. The molecule has 0 aliphatic carbocycles. The van der Waals surface area contributed by atoms with Gasteiger partial charge in [0.2, 0.25) is 0 Å². The molecule has 6 nitrogen and oxygen atoms in total. The molecule has 0 radical (unpaired) electrons. The third kappa shape index (κ3) is 7.62. The Morgan fingerprint density at radius 2 is 2.11 bits per heavy atom. The zero-order valence-corrected chi connectivity index (χ0v) is 19.8. The van der Waals surface area contributed by atoms with Gasteiger partial charge in [0.05, 0.1) is 39.0 Å². The number of aliphatic imine (C=N–C) groups is 1. The van der Waals surface area contributed by atoms with E-state index < -0.39 is 0 Å². The van der Waals surface area contributed by atoms with Crippen molar-refractivity contribution in [3.05, 3.63) is 34.0 Å². The van der Waals surface area contributed by atoms with Gasteiger partial charge in [-0.2, -0.15) is 0 Å². The number of nitrogens with zero attached hydrogens (tertiary/aromatic N) is 2. The molecule has 158 valence electrons. The first-order chi connectivity index (χ1) is 13.4. The summed E-state index contributed by atoms with van der Waals surface area (Å²) in [6.45, 7) is 9.79. The van der Waals surface area contributed by atoms with Gasteiger partial charge in [0.1, 0.15) is 0 Å². The van der Waals surface area contributed by atoms with E-state index in [1.807, 2.05) is 11.3 Å². The highest BCUT2D eigenvalue weighted by Gasteiger charge is 2.23. The average molecular weight is 520 g/mol. The van der Waals surface area contributed by atoms with Gasteiger partial charge in [0, 0.05) is 31.1 Å². The fourth-order valence-electron chi connectivity index (χ4n) is 3.41. The van der Waals surface area contributed by atoms with Gasteiger partial charge in [0.25, 0.3) is 0 Å². The van der Waals surface area contributed by atoms with Crippen molar-refractivity contribution in [2.45, 2.75) is 25.8 Å². The third-order valence-electron chi connectivity index (χ3n) is 4.92. The van der Waals surface area contributed by atoms with E-state index in [-0.39, 0.29) is 24.0 Å². The van der Waals surface area contributed by atoms with Gasteiger partial charge in [-0.25, -0.2) is 0 Å². The molecule has 2 aliphatic rings. The van der Waals surface area contributed by atoms with Crippen molar-refractivity contribution in [1.29, 1.82) is 0 Å². The molecule has 0 saturated carbocycles. The summed E-state index contributed by atoms with van der Waals surface area (Å²) in [5.41, 5.74) is 1.48. The Morgan fingerprint density at radius 1 is 1.25 bits per heavy atom. The van der Waals surface area contributed by atoms with Gasteiger partial charge < -0.3 is 20.1 Å². The molecular weight excluding hydrogens is 487 g/mol. The number of thiophene rings is 1. The standard InChI is InChI=1S/C20H32N4O2S.HI/c1-2-21-20(22-8-5-17-6-11-25-12-7-17)23-16-18(19-4-3-15-27-19)24-9-13-26-14-10-24;/h3-4,6,15,18H,2,5,7-14,16H2,1H3,(H2,21,22,23);1H. The Labute approximate surface area is 189 Å². The van der Waals surface area contributed by atoms with Crippen LogP contribution in [0, 0.1) is 0 Å². The minimum atomic E-state index is 0. The number of hydrogen-bond donors (Lipinski definition) is 2. The van der Waals surface area contributed by atoms with Crippen molar-refractivity contribution >= 4 is 41.3 Å². The van der Waals surface area contributed by atoms with E-state index >= 15 is 0 Å². The lowest BCUT2D eigenvalue weighted by molar-refractivity contribution is 0.0186. The van der Waals surface area contributed by atoms with Crippen LogP contribution in [0.2, 0.25) is 0 Å². The number of halogens is 1. The molecule has 0 aromatic carbocycles. The van der Waals surface area contributed by atoms with Crippen LogP contribution in [0.15, 0.2) is 34.2 Å². The Bertz CT molecular complexity index is 603. The molecule has 0 amide bonds. The van der Waals surface area contributed by atoms with Crippen LogP contribution in [-0.2, 0) is 9.47 Å². The van der Waals surface area contributed by atoms with Gasteiger partial charge in [-0.05, 0) is 31.2 Å². The van der Waals surface area contributed by atoms with Gasteiger partial charge in [-0.15, -0.1) is 35.3 Å². The molecule has 1 fully saturated rings. The normalized spacial score (nSPS) is 19.5. The number of morpholine rings is 1. The largest absolute Gasteiger partial charge is 0.379 e. The lowest BCUT2D eigenvalue weighted by atomic mass is 10.1. The minimum Gasteiger partial charge on any atom is -0.379 e. The summed E-state index contributed by atoms with van der Waals surface area (Å²) >= 11 is 1.81. The predicted molar refractivity (Wildman–Crippen MR) is 127 cm³/mol. The first-order valence-corrected chi connectivity index (χ1v) is 10.9. The van der Waals surface area contributed by atoms with Crippen LogP contribution in [0.4, 0.5) is 0 Å². The molecule has 1 aromatic rings. The van der Waals surface area contributed by atoms with Crippen molar-refractivity contribution in [2.75, 3.05) is 59.2 Å². The molecule has 0 spiro atoms. The molecule has 1 unspecified atom stereocenters.